The Morgan fingerprint density at radius 1 is 1.33 bits per heavy atom. The summed E-state index contributed by atoms with van der Waals surface area (Å²) in [5.41, 5.74) is 0.262. The van der Waals surface area contributed by atoms with E-state index in [1.165, 1.54) is 12.8 Å². The number of Topliss-reactive ketones (excluding diaryl/α,β-unsaturated/α-hetero) is 1. The Kier molecular flexibility index (Phi) is 3.85. The van der Waals surface area contributed by atoms with Crippen LogP contribution in [0.5, 0.6) is 0 Å². The van der Waals surface area contributed by atoms with E-state index in [0.717, 1.165) is 25.9 Å². The van der Waals surface area contributed by atoms with Crippen LogP contribution in [-0.2, 0) is 7.05 Å². The number of likely N-dealkylation sites (tertiary alicyclic amines) is 1. The Hall–Kier alpha value is -1.16. The highest BCUT2D eigenvalue weighted by Gasteiger charge is 2.42. The summed E-state index contributed by atoms with van der Waals surface area (Å²) in [5, 5.41) is 0. The van der Waals surface area contributed by atoms with Gasteiger partial charge in [0.15, 0.2) is 0 Å². The molecule has 1 fully saturated rings. The van der Waals surface area contributed by atoms with E-state index in [1.54, 1.807) is 6.33 Å². The average Bonchev–Trinajstić information content (AvgIpc) is 3.03. The molecule has 0 bridgehead atoms. The second-order valence-corrected chi connectivity index (χ2v) is 5.19. The Labute approximate surface area is 109 Å². The summed E-state index contributed by atoms with van der Waals surface area (Å²) in [6, 6.07) is 0. The standard InChI is InChI=1S/C14H23N3O/c1-4-14(5-2,17-8-6-7-9-17)13(18)12-10-16(3)11-15-12/h10-11H,4-9H2,1-3H3. The minimum absolute atomic E-state index is 0.190. The lowest BCUT2D eigenvalue weighted by atomic mass is 9.84. The first kappa shape index (κ1) is 13.3. The molecule has 1 aliphatic rings. The van der Waals surface area contributed by atoms with E-state index >= 15 is 0 Å². The van der Waals surface area contributed by atoms with Crippen molar-refractivity contribution in [3.05, 3.63) is 18.2 Å². The topological polar surface area (TPSA) is 38.1 Å². The van der Waals surface area contributed by atoms with E-state index in [0.29, 0.717) is 5.69 Å². The zero-order valence-corrected chi connectivity index (χ0v) is 11.6. The van der Waals surface area contributed by atoms with Gasteiger partial charge in [0, 0.05) is 13.2 Å². The minimum atomic E-state index is -0.342. The predicted octanol–water partition coefficient (Wildman–Crippen LogP) is 2.26. The second-order valence-electron chi connectivity index (χ2n) is 5.19. The number of hydrogen-bond donors (Lipinski definition) is 0. The molecule has 18 heavy (non-hydrogen) atoms. The lowest BCUT2D eigenvalue weighted by Gasteiger charge is -2.38. The van der Waals surface area contributed by atoms with Gasteiger partial charge in [-0.15, -0.1) is 0 Å². The molecule has 0 radical (unpaired) electrons. The Bertz CT molecular complexity index is 414. The summed E-state index contributed by atoms with van der Waals surface area (Å²) in [7, 11) is 1.90. The van der Waals surface area contributed by atoms with E-state index in [4.69, 9.17) is 0 Å². The van der Waals surface area contributed by atoms with E-state index in [1.807, 2.05) is 17.8 Å². The number of carbonyl (C=O) groups is 1. The SMILES string of the molecule is CCC(CC)(C(=O)c1cn(C)cn1)N1CCCC1. The third-order valence-electron chi connectivity index (χ3n) is 4.24. The molecule has 1 aromatic heterocycles. The molecule has 0 unspecified atom stereocenters. The molecule has 100 valence electrons. The first-order valence-corrected chi connectivity index (χ1v) is 6.92. The number of imidazole rings is 1. The molecule has 0 amide bonds. The van der Waals surface area contributed by atoms with E-state index in [2.05, 4.69) is 23.7 Å². The molecule has 0 saturated carbocycles. The smallest absolute Gasteiger partial charge is 0.202 e. The maximum Gasteiger partial charge on any atom is 0.202 e. The van der Waals surface area contributed by atoms with Crippen LogP contribution in [0.25, 0.3) is 0 Å². The van der Waals surface area contributed by atoms with Crippen LogP contribution in [0.1, 0.15) is 50.0 Å². The van der Waals surface area contributed by atoms with Crippen LogP contribution >= 0.6 is 0 Å². The van der Waals surface area contributed by atoms with Gasteiger partial charge in [0.05, 0.1) is 11.9 Å². The van der Waals surface area contributed by atoms with Crippen LogP contribution in [0.3, 0.4) is 0 Å². The summed E-state index contributed by atoms with van der Waals surface area (Å²) in [4.78, 5) is 19.4. The summed E-state index contributed by atoms with van der Waals surface area (Å²) in [6.07, 6.45) is 7.66. The molecule has 2 rings (SSSR count). The molecule has 4 nitrogen and oxygen atoms in total. The van der Waals surface area contributed by atoms with Crippen molar-refractivity contribution in [3.8, 4) is 0 Å². The van der Waals surface area contributed by atoms with Gasteiger partial charge in [-0.3, -0.25) is 9.69 Å². The molecule has 0 spiro atoms. The summed E-state index contributed by atoms with van der Waals surface area (Å²) in [5.74, 6) is 0.190. The fourth-order valence-corrected chi connectivity index (χ4v) is 3.08. The van der Waals surface area contributed by atoms with Gasteiger partial charge in [0.1, 0.15) is 5.69 Å². The summed E-state index contributed by atoms with van der Waals surface area (Å²) < 4.78 is 1.84. The number of hydrogen-bond acceptors (Lipinski definition) is 3. The van der Waals surface area contributed by atoms with E-state index in [-0.39, 0.29) is 11.3 Å². The van der Waals surface area contributed by atoms with Crippen molar-refractivity contribution in [2.75, 3.05) is 13.1 Å². The lowest BCUT2D eigenvalue weighted by molar-refractivity contribution is 0.0576. The van der Waals surface area contributed by atoms with Gasteiger partial charge in [-0.05, 0) is 38.8 Å². The molecule has 0 aromatic carbocycles. The largest absolute Gasteiger partial charge is 0.340 e. The van der Waals surface area contributed by atoms with Crippen molar-refractivity contribution in [2.45, 2.75) is 45.1 Å². The molecule has 1 saturated heterocycles. The normalized spacial score (nSPS) is 17.3. The Balaban J connectivity index is 2.31. The van der Waals surface area contributed by atoms with Gasteiger partial charge in [-0.25, -0.2) is 4.98 Å². The van der Waals surface area contributed by atoms with Gasteiger partial charge < -0.3 is 4.57 Å². The average molecular weight is 249 g/mol. The number of nitrogens with zero attached hydrogens (tertiary/aromatic N) is 3. The van der Waals surface area contributed by atoms with Gasteiger partial charge in [-0.2, -0.15) is 0 Å². The molecule has 0 N–H and O–H groups in total. The fourth-order valence-electron chi connectivity index (χ4n) is 3.08. The van der Waals surface area contributed by atoms with Crippen LogP contribution < -0.4 is 0 Å². The first-order chi connectivity index (χ1) is 8.64. The lowest BCUT2D eigenvalue weighted by Crippen LogP contribution is -2.52. The van der Waals surface area contributed by atoms with Crippen LogP contribution in [0.4, 0.5) is 0 Å². The first-order valence-electron chi connectivity index (χ1n) is 6.92. The van der Waals surface area contributed by atoms with Crippen molar-refractivity contribution in [3.63, 3.8) is 0 Å². The van der Waals surface area contributed by atoms with Crippen molar-refractivity contribution < 1.29 is 4.79 Å². The third kappa shape index (κ3) is 2.09. The highest BCUT2D eigenvalue weighted by molar-refractivity contribution is 6.01. The molecule has 1 aliphatic heterocycles. The predicted molar refractivity (Wildman–Crippen MR) is 71.7 cm³/mol. The van der Waals surface area contributed by atoms with Crippen LogP contribution in [0.15, 0.2) is 12.5 Å². The molecular weight excluding hydrogens is 226 g/mol. The number of aryl methyl sites for hydroxylation is 1. The molecule has 0 aliphatic carbocycles. The molecule has 0 atom stereocenters. The Morgan fingerprint density at radius 2 is 1.94 bits per heavy atom. The minimum Gasteiger partial charge on any atom is -0.340 e. The van der Waals surface area contributed by atoms with Gasteiger partial charge in [0.2, 0.25) is 5.78 Å². The van der Waals surface area contributed by atoms with Gasteiger partial charge in [0.25, 0.3) is 0 Å². The maximum atomic E-state index is 12.8. The quantitative estimate of drug-likeness (QED) is 0.751. The summed E-state index contributed by atoms with van der Waals surface area (Å²) >= 11 is 0. The number of carbonyl (C=O) groups excluding carboxylic acids is 1. The number of aromatic nitrogens is 2. The van der Waals surface area contributed by atoms with Crippen molar-refractivity contribution >= 4 is 5.78 Å². The molecule has 4 heteroatoms. The van der Waals surface area contributed by atoms with Crippen molar-refractivity contribution in [2.24, 2.45) is 7.05 Å². The second kappa shape index (κ2) is 5.22. The van der Waals surface area contributed by atoms with Crippen molar-refractivity contribution in [1.82, 2.24) is 14.5 Å². The van der Waals surface area contributed by atoms with Crippen LogP contribution in [0, 0.1) is 0 Å². The zero-order valence-electron chi connectivity index (χ0n) is 11.6. The highest BCUT2D eigenvalue weighted by atomic mass is 16.1. The molecule has 2 heterocycles. The van der Waals surface area contributed by atoms with E-state index < -0.39 is 0 Å². The fraction of sp³-hybridized carbons (Fsp3) is 0.714. The third-order valence-corrected chi connectivity index (χ3v) is 4.24. The van der Waals surface area contributed by atoms with Gasteiger partial charge in [-0.1, -0.05) is 13.8 Å². The molecular formula is C14H23N3O. The molecule has 1 aromatic rings. The van der Waals surface area contributed by atoms with Crippen LogP contribution in [-0.4, -0.2) is 38.9 Å². The Morgan fingerprint density at radius 3 is 2.39 bits per heavy atom. The van der Waals surface area contributed by atoms with Crippen molar-refractivity contribution in [1.29, 1.82) is 0 Å². The number of ketones is 1. The van der Waals surface area contributed by atoms with Crippen LogP contribution in [0.2, 0.25) is 0 Å². The monoisotopic (exact) mass is 249 g/mol. The van der Waals surface area contributed by atoms with Gasteiger partial charge >= 0.3 is 0 Å². The summed E-state index contributed by atoms with van der Waals surface area (Å²) in [6.45, 7) is 6.31. The van der Waals surface area contributed by atoms with E-state index in [9.17, 15) is 4.79 Å². The maximum absolute atomic E-state index is 12.8. The zero-order chi connectivity index (χ0) is 13.2. The highest BCUT2D eigenvalue weighted by Crippen LogP contribution is 2.31. The number of rotatable bonds is 5.